The lowest BCUT2D eigenvalue weighted by atomic mass is 10.0. The van der Waals surface area contributed by atoms with Gasteiger partial charge in [-0.3, -0.25) is 9.59 Å². The number of benzene rings is 2. The monoisotopic (exact) mass is 412 g/mol. The van der Waals surface area contributed by atoms with Gasteiger partial charge in [0.15, 0.2) is 0 Å². The highest BCUT2D eigenvalue weighted by atomic mass is 16.2. The fourth-order valence-corrected chi connectivity index (χ4v) is 4.36. The third-order valence-electron chi connectivity index (χ3n) is 6.06. The molecule has 0 saturated heterocycles. The maximum atomic E-state index is 13.2. The van der Waals surface area contributed by atoms with Gasteiger partial charge in [-0.1, -0.05) is 42.5 Å². The third-order valence-corrected chi connectivity index (χ3v) is 6.06. The summed E-state index contributed by atoms with van der Waals surface area (Å²) in [5.41, 5.74) is 2.83. The van der Waals surface area contributed by atoms with E-state index in [-0.39, 0.29) is 17.5 Å². The molecule has 6 heteroatoms. The zero-order valence-electron chi connectivity index (χ0n) is 17.7. The smallest absolute Gasteiger partial charge is 0.275 e. The number of carbonyl (C=O) groups excluding carboxylic acids is 1. The molecule has 2 aromatic heterocycles. The van der Waals surface area contributed by atoms with Crippen molar-refractivity contribution in [2.45, 2.75) is 32.9 Å². The summed E-state index contributed by atoms with van der Waals surface area (Å²) < 4.78 is 3.32. The molecule has 1 atom stereocenters. The molecule has 1 aliphatic heterocycles. The molecular formula is C25H24N4O2. The molecule has 0 fully saturated rings. The highest BCUT2D eigenvalue weighted by Crippen LogP contribution is 2.20. The first kappa shape index (κ1) is 19.3. The summed E-state index contributed by atoms with van der Waals surface area (Å²) in [6.45, 7) is 4.99. The molecule has 1 amide bonds. The number of carbonyl (C=O) groups is 1. The predicted molar refractivity (Wildman–Crippen MR) is 121 cm³/mol. The summed E-state index contributed by atoms with van der Waals surface area (Å²) in [6.07, 6.45) is 4.22. The fourth-order valence-electron chi connectivity index (χ4n) is 4.36. The number of hydrogen-bond donors (Lipinski definition) is 0. The minimum atomic E-state index is -0.163. The van der Waals surface area contributed by atoms with Crippen molar-refractivity contribution in [3.63, 3.8) is 0 Å². The average Bonchev–Trinajstić information content (AvgIpc) is 3.20. The molecule has 156 valence electrons. The van der Waals surface area contributed by atoms with Crippen LogP contribution in [-0.2, 0) is 13.0 Å². The number of imidazole rings is 1. The lowest BCUT2D eigenvalue weighted by molar-refractivity contribution is 0.0612. The minimum Gasteiger partial charge on any atom is -0.333 e. The van der Waals surface area contributed by atoms with Crippen LogP contribution in [0.2, 0.25) is 0 Å². The quantitative estimate of drug-likeness (QED) is 0.515. The fraction of sp³-hybridized carbons (Fsp3) is 0.240. The van der Waals surface area contributed by atoms with Gasteiger partial charge in [-0.15, -0.1) is 0 Å². The van der Waals surface area contributed by atoms with Crippen molar-refractivity contribution in [3.05, 3.63) is 94.4 Å². The molecule has 0 saturated carbocycles. The van der Waals surface area contributed by atoms with Gasteiger partial charge in [0.2, 0.25) is 0 Å². The predicted octanol–water partition coefficient (Wildman–Crippen LogP) is 3.58. The SMILES string of the molecule is Cc1cn(-c2ccc3n(c2=O)CC(C)N(CCc2ccc4ccccc4c2)C3=O)cn1. The zero-order valence-corrected chi connectivity index (χ0v) is 17.7. The highest BCUT2D eigenvalue weighted by Gasteiger charge is 2.30. The lowest BCUT2D eigenvalue weighted by Crippen LogP contribution is -2.50. The van der Waals surface area contributed by atoms with Crippen molar-refractivity contribution in [1.82, 2.24) is 19.0 Å². The number of rotatable bonds is 4. The summed E-state index contributed by atoms with van der Waals surface area (Å²) in [5, 5.41) is 2.42. The van der Waals surface area contributed by atoms with Gasteiger partial charge in [0.1, 0.15) is 11.4 Å². The number of nitrogens with zero attached hydrogens (tertiary/aromatic N) is 4. The topological polar surface area (TPSA) is 60.1 Å². The van der Waals surface area contributed by atoms with Crippen LogP contribution in [0.4, 0.5) is 0 Å². The van der Waals surface area contributed by atoms with Gasteiger partial charge < -0.3 is 14.0 Å². The van der Waals surface area contributed by atoms with E-state index in [2.05, 4.69) is 35.3 Å². The van der Waals surface area contributed by atoms with Crippen molar-refractivity contribution < 1.29 is 4.79 Å². The van der Waals surface area contributed by atoms with E-state index in [9.17, 15) is 9.59 Å². The van der Waals surface area contributed by atoms with E-state index in [1.165, 1.54) is 16.3 Å². The Hall–Kier alpha value is -3.67. The normalized spacial score (nSPS) is 16.0. The lowest BCUT2D eigenvalue weighted by Gasteiger charge is -2.35. The first-order valence-corrected chi connectivity index (χ1v) is 10.5. The molecule has 1 unspecified atom stereocenters. The van der Waals surface area contributed by atoms with Gasteiger partial charge in [-0.25, -0.2) is 4.98 Å². The van der Waals surface area contributed by atoms with E-state index >= 15 is 0 Å². The first-order chi connectivity index (χ1) is 15.0. The Morgan fingerprint density at radius 3 is 2.61 bits per heavy atom. The van der Waals surface area contributed by atoms with Crippen molar-refractivity contribution in [1.29, 1.82) is 0 Å². The molecule has 0 spiro atoms. The Bertz CT molecular complexity index is 1350. The second-order valence-electron chi connectivity index (χ2n) is 8.22. The molecule has 0 N–H and O–H groups in total. The molecule has 5 rings (SSSR count). The molecule has 3 heterocycles. The molecule has 31 heavy (non-hydrogen) atoms. The highest BCUT2D eigenvalue weighted by molar-refractivity contribution is 5.93. The molecule has 4 aromatic rings. The number of fused-ring (bicyclic) bond motifs is 2. The number of hydrogen-bond acceptors (Lipinski definition) is 3. The van der Waals surface area contributed by atoms with Gasteiger partial charge in [0.25, 0.3) is 11.5 Å². The van der Waals surface area contributed by atoms with E-state index in [1.807, 2.05) is 37.1 Å². The van der Waals surface area contributed by atoms with Crippen LogP contribution in [0, 0.1) is 6.92 Å². The maximum absolute atomic E-state index is 13.2. The standard InChI is InChI=1S/C25H24N4O2/c1-17-14-27(16-26-17)22-9-10-23-25(31)28(18(2)15-29(23)24(22)30)12-11-19-7-8-20-5-3-4-6-21(20)13-19/h3-10,13-14,16,18H,11-12,15H2,1-2H3. The Morgan fingerprint density at radius 2 is 1.84 bits per heavy atom. The van der Waals surface area contributed by atoms with Crippen molar-refractivity contribution >= 4 is 16.7 Å². The summed E-state index contributed by atoms with van der Waals surface area (Å²) in [5.74, 6) is -0.0926. The van der Waals surface area contributed by atoms with E-state index < -0.39 is 0 Å². The minimum absolute atomic E-state index is 0.0575. The van der Waals surface area contributed by atoms with E-state index in [4.69, 9.17) is 0 Å². The van der Waals surface area contributed by atoms with Crippen LogP contribution in [0.1, 0.15) is 28.7 Å². The Labute approximate surface area is 180 Å². The van der Waals surface area contributed by atoms with Gasteiger partial charge in [0, 0.05) is 25.3 Å². The number of amides is 1. The summed E-state index contributed by atoms with van der Waals surface area (Å²) in [7, 11) is 0. The number of aryl methyl sites for hydroxylation is 1. The van der Waals surface area contributed by atoms with E-state index in [0.29, 0.717) is 24.5 Å². The summed E-state index contributed by atoms with van der Waals surface area (Å²) >= 11 is 0. The molecule has 0 bridgehead atoms. The van der Waals surface area contributed by atoms with E-state index in [0.717, 1.165) is 12.1 Å². The first-order valence-electron chi connectivity index (χ1n) is 10.5. The van der Waals surface area contributed by atoms with Crippen molar-refractivity contribution in [2.75, 3.05) is 6.54 Å². The second kappa shape index (κ2) is 7.54. The number of aromatic nitrogens is 3. The third kappa shape index (κ3) is 3.44. The van der Waals surface area contributed by atoms with Gasteiger partial charge >= 0.3 is 0 Å². The number of pyridine rings is 1. The Morgan fingerprint density at radius 1 is 1.03 bits per heavy atom. The second-order valence-corrected chi connectivity index (χ2v) is 8.22. The molecular weight excluding hydrogens is 388 g/mol. The van der Waals surface area contributed by atoms with Crippen LogP contribution < -0.4 is 5.56 Å². The average molecular weight is 412 g/mol. The summed E-state index contributed by atoms with van der Waals surface area (Å²) in [4.78, 5) is 32.4. The van der Waals surface area contributed by atoms with Crippen LogP contribution in [0.15, 0.2) is 71.9 Å². The molecule has 1 aliphatic rings. The van der Waals surface area contributed by atoms with Crippen LogP contribution in [0.25, 0.3) is 16.5 Å². The molecule has 6 nitrogen and oxygen atoms in total. The Kier molecular flexibility index (Phi) is 4.70. The maximum Gasteiger partial charge on any atom is 0.275 e. The zero-order chi connectivity index (χ0) is 21.5. The van der Waals surface area contributed by atoms with Crippen LogP contribution in [-0.4, -0.2) is 37.5 Å². The molecule has 0 radical (unpaired) electrons. The van der Waals surface area contributed by atoms with Crippen LogP contribution >= 0.6 is 0 Å². The molecule has 2 aromatic carbocycles. The summed E-state index contributed by atoms with van der Waals surface area (Å²) in [6, 6.07) is 18.1. The molecule has 0 aliphatic carbocycles. The van der Waals surface area contributed by atoms with Gasteiger partial charge in [0.05, 0.1) is 12.0 Å². The largest absolute Gasteiger partial charge is 0.333 e. The van der Waals surface area contributed by atoms with E-state index in [1.54, 1.807) is 27.6 Å². The van der Waals surface area contributed by atoms with Crippen LogP contribution in [0.3, 0.4) is 0 Å². The van der Waals surface area contributed by atoms with Crippen molar-refractivity contribution in [2.24, 2.45) is 0 Å². The van der Waals surface area contributed by atoms with Gasteiger partial charge in [-0.05, 0) is 48.7 Å². The van der Waals surface area contributed by atoms with Crippen LogP contribution in [0.5, 0.6) is 0 Å². The Balaban J connectivity index is 1.39. The van der Waals surface area contributed by atoms with Crippen molar-refractivity contribution in [3.8, 4) is 5.69 Å². The van der Waals surface area contributed by atoms with Gasteiger partial charge in [-0.2, -0.15) is 0 Å².